The molecule has 0 saturated heterocycles. The van der Waals surface area contributed by atoms with Gasteiger partial charge in [-0.3, -0.25) is 19.6 Å². The molecule has 1 aromatic rings. The van der Waals surface area contributed by atoms with Crippen LogP contribution in [0.2, 0.25) is 0 Å². The minimum absolute atomic E-state index is 0.442. The maximum Gasteiger partial charge on any atom is 0.250 e. The molecule has 0 bridgehead atoms. The highest BCUT2D eigenvalue weighted by molar-refractivity contribution is 5.92. The normalized spacial score (nSPS) is 11.7. The van der Waals surface area contributed by atoms with Gasteiger partial charge in [0.1, 0.15) is 12.5 Å². The Morgan fingerprint density at radius 3 is 2.20 bits per heavy atom. The second-order valence-corrected chi connectivity index (χ2v) is 2.46. The van der Waals surface area contributed by atoms with Crippen LogP contribution in [0.15, 0.2) is 49.2 Å². The smallest absolute Gasteiger partial charge is 0.250 e. The lowest BCUT2D eigenvalue weighted by molar-refractivity contribution is -0.198. The van der Waals surface area contributed by atoms with Gasteiger partial charge in [-0.2, -0.15) is 0 Å². The van der Waals surface area contributed by atoms with Crippen LogP contribution in [0, 0.1) is 0 Å². The van der Waals surface area contributed by atoms with E-state index in [1.54, 1.807) is 30.5 Å². The van der Waals surface area contributed by atoms with Crippen LogP contribution in [0.1, 0.15) is 10.4 Å². The lowest BCUT2D eigenvalue weighted by Gasteiger charge is -1.94. The second kappa shape index (κ2) is 6.20. The molecule has 1 aliphatic heterocycles. The van der Waals surface area contributed by atoms with Crippen LogP contribution in [-0.4, -0.2) is 10.9 Å². The van der Waals surface area contributed by atoms with Crippen molar-refractivity contribution in [1.29, 1.82) is 0 Å². The molecule has 0 unspecified atom stereocenters. The summed E-state index contributed by atoms with van der Waals surface area (Å²) >= 11 is 0. The average Bonchev–Trinajstić information content (AvgIpc) is 2.33. The van der Waals surface area contributed by atoms with Crippen LogP contribution in [0.3, 0.4) is 0 Å². The highest BCUT2D eigenvalue weighted by Gasteiger charge is 1.94. The summed E-state index contributed by atoms with van der Waals surface area (Å²) in [4.78, 5) is 22.7. The van der Waals surface area contributed by atoms with Crippen molar-refractivity contribution in [1.82, 2.24) is 4.98 Å². The monoisotopic (exact) mass is 206 g/mol. The molecule has 2 rings (SSSR count). The Kier molecular flexibility index (Phi) is 4.45. The fourth-order valence-corrected chi connectivity index (χ4v) is 0.728. The van der Waals surface area contributed by atoms with Gasteiger partial charge in [-0.25, -0.2) is 0 Å². The summed E-state index contributed by atoms with van der Waals surface area (Å²) in [6.45, 7) is 0. The third-order valence-electron chi connectivity index (χ3n) is 1.38. The van der Waals surface area contributed by atoms with Gasteiger partial charge in [0.2, 0.25) is 5.91 Å². The number of hydrogen-bond donors (Lipinski definition) is 1. The van der Waals surface area contributed by atoms with Gasteiger partial charge in [-0.1, -0.05) is 0 Å². The predicted octanol–water partition coefficient (Wildman–Crippen LogP) is 1.16. The summed E-state index contributed by atoms with van der Waals surface area (Å²) in [6.07, 6.45) is 9.42. The van der Waals surface area contributed by atoms with Gasteiger partial charge < -0.3 is 5.73 Å². The summed E-state index contributed by atoms with van der Waals surface area (Å²) in [5.41, 5.74) is 5.38. The Hall–Kier alpha value is -2.30. The van der Waals surface area contributed by atoms with Gasteiger partial charge in [0.25, 0.3) is 0 Å². The first-order chi connectivity index (χ1) is 7.30. The van der Waals surface area contributed by atoms with Gasteiger partial charge in [0.05, 0.1) is 5.56 Å². The first-order valence-electron chi connectivity index (χ1n) is 4.14. The minimum Gasteiger partial charge on any atom is -0.366 e. The Balaban J connectivity index is 0.000000162. The van der Waals surface area contributed by atoms with Crippen molar-refractivity contribution < 1.29 is 14.6 Å². The molecule has 0 atom stereocenters. The number of allylic oxidation sites excluding steroid dienone is 2. The Bertz CT molecular complexity index is 348. The fourth-order valence-electron chi connectivity index (χ4n) is 0.728. The van der Waals surface area contributed by atoms with E-state index >= 15 is 0 Å². The summed E-state index contributed by atoms with van der Waals surface area (Å²) in [6, 6.07) is 3.29. The molecule has 1 amide bonds. The first-order valence-corrected chi connectivity index (χ1v) is 4.14. The quantitative estimate of drug-likeness (QED) is 0.699. The van der Waals surface area contributed by atoms with E-state index in [4.69, 9.17) is 5.73 Å². The van der Waals surface area contributed by atoms with Crippen molar-refractivity contribution in [2.24, 2.45) is 5.73 Å². The first kappa shape index (κ1) is 10.8. The van der Waals surface area contributed by atoms with Gasteiger partial charge >= 0.3 is 0 Å². The van der Waals surface area contributed by atoms with Crippen LogP contribution in [0.25, 0.3) is 0 Å². The van der Waals surface area contributed by atoms with Crippen LogP contribution in [-0.2, 0) is 9.78 Å². The van der Waals surface area contributed by atoms with E-state index in [1.807, 2.05) is 0 Å². The molecule has 78 valence electrons. The maximum absolute atomic E-state index is 10.4. The van der Waals surface area contributed by atoms with E-state index in [9.17, 15) is 4.79 Å². The van der Waals surface area contributed by atoms with E-state index in [-0.39, 0.29) is 0 Å². The van der Waals surface area contributed by atoms with Crippen molar-refractivity contribution in [2.45, 2.75) is 0 Å². The topological polar surface area (TPSA) is 74.4 Å². The fraction of sp³-hybridized carbons (Fsp3) is 0. The number of amides is 1. The minimum atomic E-state index is -0.442. The summed E-state index contributed by atoms with van der Waals surface area (Å²) < 4.78 is 0. The van der Waals surface area contributed by atoms with Crippen molar-refractivity contribution >= 4 is 5.91 Å². The van der Waals surface area contributed by atoms with Crippen LogP contribution < -0.4 is 5.73 Å². The molecule has 5 nitrogen and oxygen atoms in total. The Labute approximate surface area is 86.8 Å². The standard InChI is InChI=1S/C6H6N2O.C4H4O2/c7-6(9)5-2-1-3-8-4-5;1-2-4-6-5-3-1/h1-4H,(H2,7,9);1-4H. The number of carbonyl (C=O) groups is 1. The number of carbonyl (C=O) groups excluding carboxylic acids is 1. The number of nitrogens with zero attached hydrogens (tertiary/aromatic N) is 1. The number of pyridine rings is 1. The van der Waals surface area contributed by atoms with E-state index in [2.05, 4.69) is 14.8 Å². The van der Waals surface area contributed by atoms with Crippen molar-refractivity contribution in [3.63, 3.8) is 0 Å². The number of aromatic nitrogens is 1. The van der Waals surface area contributed by atoms with E-state index in [0.717, 1.165) is 0 Å². The average molecular weight is 206 g/mol. The number of nitrogens with two attached hydrogens (primary N) is 1. The predicted molar refractivity (Wildman–Crippen MR) is 53.2 cm³/mol. The van der Waals surface area contributed by atoms with Gasteiger partial charge in [0.15, 0.2) is 0 Å². The highest BCUT2D eigenvalue weighted by atomic mass is 17.2. The zero-order valence-electron chi connectivity index (χ0n) is 7.87. The molecular weight excluding hydrogens is 196 g/mol. The summed E-state index contributed by atoms with van der Waals surface area (Å²) in [5.74, 6) is -0.442. The van der Waals surface area contributed by atoms with Crippen molar-refractivity contribution in [3.05, 3.63) is 54.8 Å². The molecule has 0 aromatic carbocycles. The molecule has 5 heteroatoms. The summed E-state index contributed by atoms with van der Waals surface area (Å²) in [7, 11) is 0. The number of hydrogen-bond acceptors (Lipinski definition) is 4. The molecular formula is C10H10N2O3. The third-order valence-corrected chi connectivity index (χ3v) is 1.38. The SMILES string of the molecule is C1=COOC=C1.NC(=O)c1cccnc1. The maximum atomic E-state index is 10.4. The molecule has 1 aliphatic rings. The molecule has 1 aromatic heterocycles. The van der Waals surface area contributed by atoms with E-state index in [1.165, 1.54) is 18.7 Å². The summed E-state index contributed by atoms with van der Waals surface area (Å²) in [5, 5.41) is 0. The van der Waals surface area contributed by atoms with Gasteiger partial charge in [0, 0.05) is 12.4 Å². The number of rotatable bonds is 1. The molecule has 0 aliphatic carbocycles. The van der Waals surface area contributed by atoms with Crippen LogP contribution >= 0.6 is 0 Å². The zero-order valence-corrected chi connectivity index (χ0v) is 7.87. The molecule has 0 fully saturated rings. The van der Waals surface area contributed by atoms with Crippen LogP contribution in [0.4, 0.5) is 0 Å². The lowest BCUT2D eigenvalue weighted by Crippen LogP contribution is -2.10. The van der Waals surface area contributed by atoms with Crippen molar-refractivity contribution in [3.8, 4) is 0 Å². The molecule has 0 radical (unpaired) electrons. The van der Waals surface area contributed by atoms with Crippen LogP contribution in [0.5, 0.6) is 0 Å². The largest absolute Gasteiger partial charge is 0.366 e. The van der Waals surface area contributed by atoms with E-state index < -0.39 is 5.91 Å². The molecule has 2 N–H and O–H groups in total. The van der Waals surface area contributed by atoms with Gasteiger partial charge in [-0.15, -0.1) is 0 Å². The number of primary amides is 1. The molecule has 0 saturated carbocycles. The second-order valence-electron chi connectivity index (χ2n) is 2.46. The lowest BCUT2D eigenvalue weighted by atomic mass is 10.3. The Morgan fingerprint density at radius 1 is 1.27 bits per heavy atom. The zero-order chi connectivity index (χ0) is 10.9. The molecule has 2 heterocycles. The van der Waals surface area contributed by atoms with E-state index in [0.29, 0.717) is 5.56 Å². The third kappa shape index (κ3) is 4.47. The molecule has 15 heavy (non-hydrogen) atoms. The molecule has 0 spiro atoms. The highest BCUT2D eigenvalue weighted by Crippen LogP contribution is 1.91. The van der Waals surface area contributed by atoms with Gasteiger partial charge in [-0.05, 0) is 24.3 Å². The Morgan fingerprint density at radius 2 is 1.93 bits per heavy atom. The van der Waals surface area contributed by atoms with Crippen molar-refractivity contribution in [2.75, 3.05) is 0 Å².